The van der Waals surface area contributed by atoms with Crippen molar-refractivity contribution in [3.63, 3.8) is 0 Å². The van der Waals surface area contributed by atoms with Gasteiger partial charge >= 0.3 is 12.9 Å². The third kappa shape index (κ3) is 2.44. The second-order valence-electron chi connectivity index (χ2n) is 4.33. The summed E-state index contributed by atoms with van der Waals surface area (Å²) in [6.45, 7) is -1.06. The predicted octanol–water partition coefficient (Wildman–Crippen LogP) is 1.88. The smallest absolute Gasteiger partial charge is 0.481 e. The highest BCUT2D eigenvalue weighted by Gasteiger charge is 2.32. The van der Waals surface area contributed by atoms with Crippen LogP contribution in [0.1, 0.15) is 22.3 Å². The third-order valence-electron chi connectivity index (χ3n) is 3.18. The Morgan fingerprint density at radius 2 is 1.67 bits per heavy atom. The van der Waals surface area contributed by atoms with E-state index in [0.29, 0.717) is 5.56 Å². The van der Waals surface area contributed by atoms with Crippen LogP contribution in [0.5, 0.6) is 0 Å². The molecule has 100 valence electrons. The zero-order valence-electron chi connectivity index (χ0n) is 10.4. The molecule has 0 saturated carbocycles. The standard InChI is InChI=1S/C11H14BF3NO2/c1-5-8(4-9(17)18)6(2)11(16)7(3)10(5)12(13,14)15/h4,16H2,1-3H3,(H,17,18)/q-1. The van der Waals surface area contributed by atoms with E-state index in [0.717, 1.165) is 0 Å². The first-order valence-corrected chi connectivity index (χ1v) is 5.37. The van der Waals surface area contributed by atoms with E-state index in [2.05, 4.69) is 0 Å². The Morgan fingerprint density at radius 3 is 2.06 bits per heavy atom. The van der Waals surface area contributed by atoms with E-state index in [1.54, 1.807) is 6.92 Å². The van der Waals surface area contributed by atoms with Crippen molar-refractivity contribution in [2.75, 3.05) is 5.73 Å². The minimum absolute atomic E-state index is 0.0195. The number of aliphatic carboxylic acids is 1. The molecule has 3 nitrogen and oxygen atoms in total. The quantitative estimate of drug-likeness (QED) is 0.644. The van der Waals surface area contributed by atoms with Gasteiger partial charge in [0.25, 0.3) is 0 Å². The number of hydrogen-bond donors (Lipinski definition) is 2. The van der Waals surface area contributed by atoms with Crippen LogP contribution in [-0.4, -0.2) is 18.1 Å². The molecule has 7 heteroatoms. The molecule has 0 heterocycles. The summed E-state index contributed by atoms with van der Waals surface area (Å²) >= 11 is 0. The Balaban J connectivity index is 3.65. The van der Waals surface area contributed by atoms with Crippen molar-refractivity contribution in [3.8, 4) is 0 Å². The van der Waals surface area contributed by atoms with Crippen LogP contribution >= 0.6 is 0 Å². The fourth-order valence-corrected chi connectivity index (χ4v) is 2.22. The van der Waals surface area contributed by atoms with Crippen molar-refractivity contribution in [2.24, 2.45) is 0 Å². The summed E-state index contributed by atoms with van der Waals surface area (Å²) in [5.74, 6) is -1.18. The zero-order valence-corrected chi connectivity index (χ0v) is 10.4. The lowest BCUT2D eigenvalue weighted by Gasteiger charge is -2.26. The average Bonchev–Trinajstić information content (AvgIpc) is 2.19. The Kier molecular flexibility index (Phi) is 3.64. The highest BCUT2D eigenvalue weighted by atomic mass is 19.4. The summed E-state index contributed by atoms with van der Waals surface area (Å²) in [6.07, 6.45) is -0.457. The molecule has 3 N–H and O–H groups in total. The lowest BCUT2D eigenvalue weighted by atomic mass is 9.71. The molecule has 0 saturated heterocycles. The normalized spacial score (nSPS) is 11.7. The monoisotopic (exact) mass is 260 g/mol. The number of nitrogen functional groups attached to an aromatic ring is 1. The Hall–Kier alpha value is -1.66. The number of nitrogens with two attached hydrogens (primary N) is 1. The van der Waals surface area contributed by atoms with Gasteiger partial charge in [-0.25, -0.2) is 0 Å². The molecule has 1 aromatic rings. The number of benzene rings is 1. The molecule has 0 radical (unpaired) electrons. The van der Waals surface area contributed by atoms with Crippen molar-refractivity contribution in [1.29, 1.82) is 0 Å². The number of hydrogen-bond acceptors (Lipinski definition) is 2. The van der Waals surface area contributed by atoms with Crippen LogP contribution < -0.4 is 11.2 Å². The largest absolute Gasteiger partial charge is 0.510 e. The van der Waals surface area contributed by atoms with E-state index in [-0.39, 0.29) is 22.4 Å². The maximum atomic E-state index is 13.0. The summed E-state index contributed by atoms with van der Waals surface area (Å²) in [6, 6.07) is 0. The lowest BCUT2D eigenvalue weighted by molar-refractivity contribution is -0.136. The maximum Gasteiger partial charge on any atom is 0.510 e. The SMILES string of the molecule is Cc1c(N)c(C)c([B-](F)(F)F)c(C)c1CC(=O)O. The molecular formula is C11H14BF3NO2-. The van der Waals surface area contributed by atoms with Crippen molar-refractivity contribution in [3.05, 3.63) is 22.3 Å². The fourth-order valence-electron chi connectivity index (χ4n) is 2.22. The second-order valence-corrected chi connectivity index (χ2v) is 4.33. The number of carboxylic acid groups (broad SMARTS) is 1. The van der Waals surface area contributed by atoms with Crippen LogP contribution in [0.2, 0.25) is 0 Å². The number of anilines is 1. The van der Waals surface area contributed by atoms with E-state index < -0.39 is 24.8 Å². The van der Waals surface area contributed by atoms with Gasteiger partial charge in [-0.2, -0.15) is 0 Å². The Labute approximate surface area is 103 Å². The molecule has 0 atom stereocenters. The van der Waals surface area contributed by atoms with Gasteiger partial charge in [0.15, 0.2) is 0 Å². The number of carbonyl (C=O) groups is 1. The summed E-state index contributed by atoms with van der Waals surface area (Å²) < 4.78 is 39.0. The van der Waals surface area contributed by atoms with Gasteiger partial charge in [-0.1, -0.05) is 11.1 Å². The van der Waals surface area contributed by atoms with Gasteiger partial charge in [-0.3, -0.25) is 4.79 Å². The Bertz CT molecular complexity index is 512. The van der Waals surface area contributed by atoms with Crippen LogP contribution in [0.3, 0.4) is 0 Å². The molecule has 0 aliphatic carbocycles. The van der Waals surface area contributed by atoms with E-state index in [4.69, 9.17) is 10.8 Å². The average molecular weight is 260 g/mol. The highest BCUT2D eigenvalue weighted by molar-refractivity contribution is 6.74. The van der Waals surface area contributed by atoms with Crippen LogP contribution in [-0.2, 0) is 11.2 Å². The second kappa shape index (κ2) is 4.55. The molecule has 0 unspecified atom stereocenters. The van der Waals surface area contributed by atoms with Crippen molar-refractivity contribution in [1.82, 2.24) is 0 Å². The van der Waals surface area contributed by atoms with Crippen LogP contribution in [0, 0.1) is 20.8 Å². The molecule has 0 spiro atoms. The first-order chi connectivity index (χ1) is 8.07. The van der Waals surface area contributed by atoms with Gasteiger partial charge in [0, 0.05) is 5.69 Å². The summed E-state index contributed by atoms with van der Waals surface area (Å²) in [5.41, 5.74) is 5.40. The third-order valence-corrected chi connectivity index (χ3v) is 3.18. The van der Waals surface area contributed by atoms with Crippen LogP contribution in [0.4, 0.5) is 18.6 Å². The van der Waals surface area contributed by atoms with Gasteiger partial charge in [0.2, 0.25) is 0 Å². The van der Waals surface area contributed by atoms with Crippen molar-refractivity contribution >= 4 is 24.1 Å². The van der Waals surface area contributed by atoms with E-state index >= 15 is 0 Å². The maximum absolute atomic E-state index is 13.0. The molecule has 0 aliphatic heterocycles. The number of carboxylic acids is 1. The highest BCUT2D eigenvalue weighted by Crippen LogP contribution is 2.27. The number of halogens is 3. The van der Waals surface area contributed by atoms with Crippen molar-refractivity contribution in [2.45, 2.75) is 27.2 Å². The van der Waals surface area contributed by atoms with Crippen molar-refractivity contribution < 1.29 is 22.8 Å². The summed E-state index contributed by atoms with van der Waals surface area (Å²) in [7, 11) is 0. The summed E-state index contributed by atoms with van der Waals surface area (Å²) in [4.78, 5) is 10.7. The van der Waals surface area contributed by atoms with E-state index in [1.165, 1.54) is 13.8 Å². The van der Waals surface area contributed by atoms with Gasteiger partial charge in [-0.15, -0.1) is 5.46 Å². The van der Waals surface area contributed by atoms with Gasteiger partial charge < -0.3 is 23.8 Å². The molecule has 0 fully saturated rings. The Morgan fingerprint density at radius 1 is 1.17 bits per heavy atom. The molecule has 0 aromatic heterocycles. The predicted molar refractivity (Wildman–Crippen MR) is 65.1 cm³/mol. The first kappa shape index (κ1) is 14.4. The molecule has 18 heavy (non-hydrogen) atoms. The first-order valence-electron chi connectivity index (χ1n) is 5.37. The number of rotatable bonds is 3. The fraction of sp³-hybridized carbons (Fsp3) is 0.364. The minimum Gasteiger partial charge on any atom is -0.481 e. The van der Waals surface area contributed by atoms with E-state index in [9.17, 15) is 17.7 Å². The molecule has 0 amide bonds. The molecule has 1 rings (SSSR count). The molecule has 1 aromatic carbocycles. The van der Waals surface area contributed by atoms with E-state index in [1.807, 2.05) is 0 Å². The molecule has 0 aliphatic rings. The lowest BCUT2D eigenvalue weighted by Crippen LogP contribution is -2.40. The van der Waals surface area contributed by atoms with Gasteiger partial charge in [-0.05, 0) is 31.9 Å². The summed E-state index contributed by atoms with van der Waals surface area (Å²) in [5, 5.41) is 8.75. The molecule has 0 bridgehead atoms. The van der Waals surface area contributed by atoms with Gasteiger partial charge in [0.1, 0.15) is 0 Å². The van der Waals surface area contributed by atoms with Crippen LogP contribution in [0.15, 0.2) is 0 Å². The zero-order chi connectivity index (χ0) is 14.2. The topological polar surface area (TPSA) is 63.3 Å². The van der Waals surface area contributed by atoms with Crippen LogP contribution in [0.25, 0.3) is 0 Å². The molecular weight excluding hydrogens is 246 g/mol. The van der Waals surface area contributed by atoms with Gasteiger partial charge in [0.05, 0.1) is 6.42 Å². The minimum atomic E-state index is -5.21.